The summed E-state index contributed by atoms with van der Waals surface area (Å²) in [5.74, 6) is 0.666. The van der Waals surface area contributed by atoms with E-state index in [0.29, 0.717) is 22.6 Å². The van der Waals surface area contributed by atoms with Crippen LogP contribution in [0.3, 0.4) is 0 Å². The van der Waals surface area contributed by atoms with Crippen molar-refractivity contribution in [3.05, 3.63) is 59.7 Å². The molecule has 0 aliphatic carbocycles. The molecule has 0 aliphatic heterocycles. The molecule has 2 rings (SSSR count). The van der Waals surface area contributed by atoms with E-state index in [9.17, 15) is 4.79 Å². The Hall–Kier alpha value is -2.37. The molecule has 0 fully saturated rings. The van der Waals surface area contributed by atoms with Gasteiger partial charge in [-0.05, 0) is 18.2 Å². The van der Waals surface area contributed by atoms with E-state index in [-0.39, 0.29) is 32.2 Å². The molecule has 0 radical (unpaired) electrons. The van der Waals surface area contributed by atoms with Crippen LogP contribution in [0.2, 0.25) is 0 Å². The highest BCUT2D eigenvalue weighted by Crippen LogP contribution is 2.29. The fourth-order valence-electron chi connectivity index (χ4n) is 1.95. The molecule has 0 saturated heterocycles. The van der Waals surface area contributed by atoms with Gasteiger partial charge >= 0.3 is 0 Å². The van der Waals surface area contributed by atoms with Crippen LogP contribution in [0, 0.1) is 0 Å². The summed E-state index contributed by atoms with van der Waals surface area (Å²) in [6.45, 7) is -0.0413. The van der Waals surface area contributed by atoms with Gasteiger partial charge in [0.15, 0.2) is 17.3 Å². The second kappa shape index (κ2) is 8.17. The van der Waals surface area contributed by atoms with Gasteiger partial charge < -0.3 is 19.7 Å². The third-order valence-electron chi connectivity index (χ3n) is 2.94. The summed E-state index contributed by atoms with van der Waals surface area (Å²) in [6, 6.07) is 13.8. The third kappa shape index (κ3) is 4.07. The molecule has 0 saturated carbocycles. The Kier molecular flexibility index (Phi) is 5.94. The fraction of sp³-hybridized carbons (Fsp3) is 0.235. The minimum absolute atomic E-state index is 0.0957. The zero-order valence-corrected chi connectivity index (χ0v) is 12.1. The van der Waals surface area contributed by atoms with Crippen molar-refractivity contribution in [1.82, 2.24) is 0 Å². The summed E-state index contributed by atoms with van der Waals surface area (Å²) in [4.78, 5) is 12.4. The molecule has 0 aromatic heterocycles. The van der Waals surface area contributed by atoms with E-state index in [2.05, 4.69) is 0 Å². The Labute approximate surface area is 128 Å². The lowest BCUT2D eigenvalue weighted by Gasteiger charge is -2.13. The molecule has 5 heteroatoms. The number of ketones is 1. The van der Waals surface area contributed by atoms with E-state index in [1.165, 1.54) is 0 Å². The van der Waals surface area contributed by atoms with Gasteiger partial charge in [0, 0.05) is 11.1 Å². The topological polar surface area (TPSA) is 76.0 Å². The van der Waals surface area contributed by atoms with Crippen molar-refractivity contribution in [2.75, 3.05) is 26.4 Å². The number of ether oxygens (including phenoxy) is 2. The van der Waals surface area contributed by atoms with Gasteiger partial charge in [0.1, 0.15) is 13.2 Å². The van der Waals surface area contributed by atoms with Gasteiger partial charge in [-0.3, -0.25) is 4.79 Å². The van der Waals surface area contributed by atoms with Crippen molar-refractivity contribution in [2.45, 2.75) is 0 Å². The van der Waals surface area contributed by atoms with Gasteiger partial charge in [-0.2, -0.15) is 0 Å². The predicted octanol–water partition coefficient (Wildman–Crippen LogP) is 1.66. The first-order chi connectivity index (χ1) is 10.8. The van der Waals surface area contributed by atoms with Crippen molar-refractivity contribution in [3.63, 3.8) is 0 Å². The largest absolute Gasteiger partial charge is 0.487 e. The number of carbonyl (C=O) groups is 1. The second-order valence-corrected chi connectivity index (χ2v) is 4.50. The highest BCUT2D eigenvalue weighted by atomic mass is 16.5. The lowest BCUT2D eigenvalue weighted by atomic mass is 10.0. The van der Waals surface area contributed by atoms with Crippen LogP contribution in [0.1, 0.15) is 15.9 Å². The van der Waals surface area contributed by atoms with Crippen LogP contribution < -0.4 is 9.47 Å². The molecule has 0 spiro atoms. The standard InChI is InChI=1S/C17H18O5/c18-8-10-21-15-7-6-14(12-16(15)22-11-9-19)17(20)13-4-2-1-3-5-13/h1-7,12,18-19H,8-11H2. The van der Waals surface area contributed by atoms with Crippen LogP contribution in [0.4, 0.5) is 0 Å². The van der Waals surface area contributed by atoms with E-state index in [1.54, 1.807) is 42.5 Å². The van der Waals surface area contributed by atoms with Crippen LogP contribution in [0.5, 0.6) is 11.5 Å². The molecular formula is C17H18O5. The SMILES string of the molecule is O=C(c1ccccc1)c1ccc(OCCO)c(OCCO)c1. The van der Waals surface area contributed by atoms with Crippen LogP contribution in [0.25, 0.3) is 0 Å². The molecule has 0 aliphatic rings. The van der Waals surface area contributed by atoms with E-state index in [1.807, 2.05) is 6.07 Å². The number of rotatable bonds is 8. The van der Waals surface area contributed by atoms with Gasteiger partial charge in [0.05, 0.1) is 13.2 Å². The molecule has 2 aromatic carbocycles. The average Bonchev–Trinajstić information content (AvgIpc) is 2.58. The maximum Gasteiger partial charge on any atom is 0.193 e. The third-order valence-corrected chi connectivity index (χ3v) is 2.94. The van der Waals surface area contributed by atoms with Gasteiger partial charge in [-0.1, -0.05) is 30.3 Å². The molecule has 0 atom stereocenters. The Morgan fingerprint density at radius 3 is 2.09 bits per heavy atom. The first-order valence-corrected chi connectivity index (χ1v) is 6.97. The average molecular weight is 302 g/mol. The molecule has 22 heavy (non-hydrogen) atoms. The number of hydrogen-bond acceptors (Lipinski definition) is 5. The van der Waals surface area contributed by atoms with Crippen LogP contribution in [0.15, 0.2) is 48.5 Å². The van der Waals surface area contributed by atoms with Crippen molar-refractivity contribution in [2.24, 2.45) is 0 Å². The maximum absolute atomic E-state index is 12.4. The van der Waals surface area contributed by atoms with Crippen molar-refractivity contribution >= 4 is 5.78 Å². The Morgan fingerprint density at radius 1 is 0.818 bits per heavy atom. The molecule has 2 aromatic rings. The highest BCUT2D eigenvalue weighted by molar-refractivity contribution is 6.09. The smallest absolute Gasteiger partial charge is 0.193 e. The zero-order valence-electron chi connectivity index (χ0n) is 12.1. The summed E-state index contributed by atoms with van der Waals surface area (Å²) in [6.07, 6.45) is 0. The van der Waals surface area contributed by atoms with Gasteiger partial charge in [-0.15, -0.1) is 0 Å². The number of benzene rings is 2. The predicted molar refractivity (Wildman–Crippen MR) is 81.5 cm³/mol. The molecule has 116 valence electrons. The van der Waals surface area contributed by atoms with Crippen LogP contribution >= 0.6 is 0 Å². The molecule has 0 heterocycles. The molecule has 0 amide bonds. The summed E-state index contributed by atoms with van der Waals surface area (Å²) in [5, 5.41) is 17.7. The Balaban J connectivity index is 2.27. The Bertz CT molecular complexity index is 610. The minimum Gasteiger partial charge on any atom is -0.487 e. The molecule has 2 N–H and O–H groups in total. The lowest BCUT2D eigenvalue weighted by molar-refractivity contribution is 0.103. The number of aliphatic hydroxyl groups is 2. The first kappa shape index (κ1) is 16.0. The second-order valence-electron chi connectivity index (χ2n) is 4.50. The molecule has 5 nitrogen and oxygen atoms in total. The van der Waals surface area contributed by atoms with Crippen LogP contribution in [-0.2, 0) is 0 Å². The van der Waals surface area contributed by atoms with E-state index in [0.717, 1.165) is 0 Å². The zero-order chi connectivity index (χ0) is 15.8. The summed E-state index contributed by atoms with van der Waals surface area (Å²) < 4.78 is 10.8. The summed E-state index contributed by atoms with van der Waals surface area (Å²) >= 11 is 0. The van der Waals surface area contributed by atoms with Gasteiger partial charge in [-0.25, -0.2) is 0 Å². The molecule has 0 unspecified atom stereocenters. The molecular weight excluding hydrogens is 284 g/mol. The van der Waals surface area contributed by atoms with Crippen molar-refractivity contribution < 1.29 is 24.5 Å². The normalized spacial score (nSPS) is 10.3. The number of hydrogen-bond donors (Lipinski definition) is 2. The van der Waals surface area contributed by atoms with E-state index < -0.39 is 0 Å². The Morgan fingerprint density at radius 2 is 1.45 bits per heavy atom. The highest BCUT2D eigenvalue weighted by Gasteiger charge is 2.13. The van der Waals surface area contributed by atoms with Crippen molar-refractivity contribution in [1.29, 1.82) is 0 Å². The van der Waals surface area contributed by atoms with Gasteiger partial charge in [0.2, 0.25) is 0 Å². The fourth-order valence-corrected chi connectivity index (χ4v) is 1.95. The maximum atomic E-state index is 12.4. The number of carbonyl (C=O) groups excluding carboxylic acids is 1. The van der Waals surface area contributed by atoms with E-state index >= 15 is 0 Å². The molecule has 0 bridgehead atoms. The quantitative estimate of drug-likeness (QED) is 0.725. The van der Waals surface area contributed by atoms with Gasteiger partial charge in [0.25, 0.3) is 0 Å². The summed E-state index contributed by atoms with van der Waals surface area (Å²) in [7, 11) is 0. The van der Waals surface area contributed by atoms with Crippen molar-refractivity contribution in [3.8, 4) is 11.5 Å². The summed E-state index contributed by atoms with van der Waals surface area (Å²) in [5.41, 5.74) is 1.05. The minimum atomic E-state index is -0.143. The number of aliphatic hydroxyl groups excluding tert-OH is 2. The monoisotopic (exact) mass is 302 g/mol. The first-order valence-electron chi connectivity index (χ1n) is 6.97. The van der Waals surface area contributed by atoms with Crippen LogP contribution in [-0.4, -0.2) is 42.4 Å². The van der Waals surface area contributed by atoms with E-state index in [4.69, 9.17) is 19.7 Å². The lowest BCUT2D eigenvalue weighted by Crippen LogP contribution is -2.08.